The summed E-state index contributed by atoms with van der Waals surface area (Å²) in [6.07, 6.45) is 0. The molecule has 0 fully saturated rings. The van der Waals surface area contributed by atoms with Gasteiger partial charge in [-0.1, -0.05) is 0 Å². The van der Waals surface area contributed by atoms with Crippen LogP contribution in [0.2, 0.25) is 0 Å². The maximum absolute atomic E-state index is 10.5. The zero-order valence-corrected chi connectivity index (χ0v) is 8.60. The largest absolute Gasteiger partial charge is 0.477 e. The second-order valence-electron chi connectivity index (χ2n) is 1.81. The molecule has 0 atom stereocenters. The molecule has 6 nitrogen and oxygen atoms in total. The standard InChI is InChI=1S/C5H4N2O4.Sn/c8-3-1-2(4(9)10)6-5(11)7-3;/h1H,(H,9,10)(H2,6,7,8,11);. The van der Waals surface area contributed by atoms with Gasteiger partial charge in [-0.3, -0.25) is 9.78 Å². The fourth-order valence-corrected chi connectivity index (χ4v) is 0.584. The molecule has 0 amide bonds. The van der Waals surface area contributed by atoms with Crippen LogP contribution in [-0.4, -0.2) is 45.0 Å². The molecule has 0 unspecified atom stereocenters. The molecular weight excluding hydrogens is 271 g/mol. The number of aromatic carboxylic acids is 1. The van der Waals surface area contributed by atoms with Crippen molar-refractivity contribution in [3.63, 3.8) is 0 Å². The van der Waals surface area contributed by atoms with Crippen molar-refractivity contribution in [2.75, 3.05) is 0 Å². The van der Waals surface area contributed by atoms with Crippen molar-refractivity contribution in [3.05, 3.63) is 32.6 Å². The van der Waals surface area contributed by atoms with Crippen molar-refractivity contribution < 1.29 is 9.90 Å². The van der Waals surface area contributed by atoms with Crippen LogP contribution in [0.15, 0.2) is 15.7 Å². The van der Waals surface area contributed by atoms with Gasteiger partial charge in [-0.25, -0.2) is 9.59 Å². The Bertz CT molecular complexity index is 365. The topological polar surface area (TPSA) is 103 Å². The Morgan fingerprint density at radius 2 is 1.92 bits per heavy atom. The predicted octanol–water partition coefficient (Wildman–Crippen LogP) is -1.62. The number of hydrogen-bond donors (Lipinski definition) is 3. The SMILES string of the molecule is O=C(O)c1cc(=O)[nH]c(=O)[nH]1.[Sn]. The predicted molar refractivity (Wildman–Crippen MR) is 40.4 cm³/mol. The zero-order valence-electron chi connectivity index (χ0n) is 5.75. The van der Waals surface area contributed by atoms with Gasteiger partial charge in [0.25, 0.3) is 5.56 Å². The first-order valence-electron chi connectivity index (χ1n) is 2.66. The van der Waals surface area contributed by atoms with Crippen LogP contribution in [0.1, 0.15) is 10.5 Å². The van der Waals surface area contributed by atoms with Crippen LogP contribution in [-0.2, 0) is 0 Å². The summed E-state index contributed by atoms with van der Waals surface area (Å²) in [5, 5.41) is 8.31. The number of carboxylic acids is 1. The summed E-state index contributed by atoms with van der Waals surface area (Å²) in [5.41, 5.74) is -1.97. The van der Waals surface area contributed by atoms with Crippen molar-refractivity contribution in [2.45, 2.75) is 0 Å². The molecule has 1 rings (SSSR count). The Labute approximate surface area is 82.6 Å². The molecule has 3 N–H and O–H groups in total. The van der Waals surface area contributed by atoms with Crippen LogP contribution in [0, 0.1) is 0 Å². The number of carbonyl (C=O) groups is 1. The van der Waals surface area contributed by atoms with E-state index in [1.165, 1.54) is 0 Å². The van der Waals surface area contributed by atoms with Crippen LogP contribution in [0.25, 0.3) is 0 Å². The Kier molecular flexibility index (Phi) is 3.74. The molecule has 0 spiro atoms. The Balaban J connectivity index is 0.00000121. The molecular formula is C5H4N2O4Sn. The second-order valence-corrected chi connectivity index (χ2v) is 1.81. The molecule has 0 saturated heterocycles. The van der Waals surface area contributed by atoms with Gasteiger partial charge >= 0.3 is 11.7 Å². The van der Waals surface area contributed by atoms with Crippen LogP contribution < -0.4 is 11.2 Å². The summed E-state index contributed by atoms with van der Waals surface area (Å²) in [6.45, 7) is 0. The fourth-order valence-electron chi connectivity index (χ4n) is 0.584. The molecule has 0 aromatic carbocycles. The van der Waals surface area contributed by atoms with Crippen molar-refractivity contribution in [2.24, 2.45) is 0 Å². The van der Waals surface area contributed by atoms with Crippen molar-refractivity contribution in [3.8, 4) is 0 Å². The van der Waals surface area contributed by atoms with Crippen molar-refractivity contribution in [1.82, 2.24) is 9.97 Å². The van der Waals surface area contributed by atoms with Gasteiger partial charge in [0.15, 0.2) is 0 Å². The van der Waals surface area contributed by atoms with E-state index in [1.807, 2.05) is 9.97 Å². The minimum absolute atomic E-state index is 0. The first kappa shape index (κ1) is 10.9. The minimum atomic E-state index is -1.34. The number of aromatic nitrogens is 2. The normalized spacial score (nSPS) is 8.67. The molecule has 0 aliphatic rings. The minimum Gasteiger partial charge on any atom is -0.477 e. The summed E-state index contributed by atoms with van der Waals surface area (Å²) in [4.78, 5) is 34.9. The van der Waals surface area contributed by atoms with E-state index in [0.29, 0.717) is 0 Å². The summed E-state index contributed by atoms with van der Waals surface area (Å²) in [6, 6.07) is 0.795. The van der Waals surface area contributed by atoms with Gasteiger partial charge in [0, 0.05) is 30.0 Å². The van der Waals surface area contributed by atoms with E-state index in [0.717, 1.165) is 6.07 Å². The number of hydrogen-bond acceptors (Lipinski definition) is 3. The van der Waals surface area contributed by atoms with Crippen molar-refractivity contribution >= 4 is 29.9 Å². The maximum atomic E-state index is 10.5. The molecule has 0 aliphatic heterocycles. The Morgan fingerprint density at radius 3 is 2.33 bits per heavy atom. The molecule has 0 aliphatic carbocycles. The van der Waals surface area contributed by atoms with Gasteiger partial charge < -0.3 is 10.1 Å². The Morgan fingerprint density at radius 1 is 1.33 bits per heavy atom. The molecule has 4 radical (unpaired) electrons. The zero-order chi connectivity index (χ0) is 8.43. The first-order valence-corrected chi connectivity index (χ1v) is 2.66. The first-order chi connectivity index (χ1) is 5.09. The third-order valence-electron chi connectivity index (χ3n) is 0.991. The monoisotopic (exact) mass is 276 g/mol. The van der Waals surface area contributed by atoms with E-state index in [9.17, 15) is 14.4 Å². The van der Waals surface area contributed by atoms with Gasteiger partial charge in [-0.2, -0.15) is 0 Å². The van der Waals surface area contributed by atoms with E-state index in [-0.39, 0.29) is 23.9 Å². The van der Waals surface area contributed by atoms with Gasteiger partial charge in [0.1, 0.15) is 5.69 Å². The number of aromatic amines is 2. The van der Waals surface area contributed by atoms with Gasteiger partial charge in [0.2, 0.25) is 0 Å². The Hall–Kier alpha value is -1.05. The van der Waals surface area contributed by atoms with Crippen LogP contribution in [0.4, 0.5) is 0 Å². The average molecular weight is 275 g/mol. The van der Waals surface area contributed by atoms with Gasteiger partial charge in [-0.15, -0.1) is 0 Å². The molecule has 12 heavy (non-hydrogen) atoms. The third-order valence-corrected chi connectivity index (χ3v) is 0.991. The van der Waals surface area contributed by atoms with E-state index < -0.39 is 22.9 Å². The molecule has 1 aromatic heterocycles. The van der Waals surface area contributed by atoms with Crippen molar-refractivity contribution in [1.29, 1.82) is 0 Å². The van der Waals surface area contributed by atoms with Gasteiger partial charge in [0.05, 0.1) is 0 Å². The average Bonchev–Trinajstić information content (AvgIpc) is 1.85. The number of nitrogens with one attached hydrogen (secondary N) is 2. The molecule has 62 valence electrons. The smallest absolute Gasteiger partial charge is 0.352 e. The fraction of sp³-hybridized carbons (Fsp3) is 0. The van der Waals surface area contributed by atoms with E-state index >= 15 is 0 Å². The molecule has 0 bridgehead atoms. The van der Waals surface area contributed by atoms with E-state index in [2.05, 4.69) is 0 Å². The molecule has 0 saturated carbocycles. The molecule has 7 heteroatoms. The number of carboxylic acid groups (broad SMARTS) is 1. The van der Waals surface area contributed by atoms with Gasteiger partial charge in [-0.05, 0) is 0 Å². The van der Waals surface area contributed by atoms with Crippen LogP contribution in [0.5, 0.6) is 0 Å². The van der Waals surface area contributed by atoms with E-state index in [4.69, 9.17) is 5.11 Å². The van der Waals surface area contributed by atoms with E-state index in [1.54, 1.807) is 0 Å². The maximum Gasteiger partial charge on any atom is 0.352 e. The number of rotatable bonds is 1. The third kappa shape index (κ3) is 2.53. The quantitative estimate of drug-likeness (QED) is 0.536. The summed E-state index contributed by atoms with van der Waals surface area (Å²) in [7, 11) is 0. The number of H-pyrrole nitrogens is 2. The molecule has 1 aromatic rings. The summed E-state index contributed by atoms with van der Waals surface area (Å²) >= 11 is 0. The summed E-state index contributed by atoms with van der Waals surface area (Å²) < 4.78 is 0. The van der Waals surface area contributed by atoms with Crippen LogP contribution >= 0.6 is 0 Å². The summed E-state index contributed by atoms with van der Waals surface area (Å²) in [5.74, 6) is -1.34. The second kappa shape index (κ2) is 4.09. The van der Waals surface area contributed by atoms with Crippen LogP contribution in [0.3, 0.4) is 0 Å². The molecule has 1 heterocycles.